The van der Waals surface area contributed by atoms with Gasteiger partial charge in [0.2, 0.25) is 0 Å². The van der Waals surface area contributed by atoms with Gasteiger partial charge in [-0.05, 0) is 17.7 Å². The monoisotopic (exact) mass is 222 g/mol. The average molecular weight is 222 g/mol. The highest BCUT2D eigenvalue weighted by Crippen LogP contribution is 2.11. The molecule has 88 valence electrons. The van der Waals surface area contributed by atoms with Gasteiger partial charge in [-0.2, -0.15) is 0 Å². The van der Waals surface area contributed by atoms with E-state index in [0.29, 0.717) is 6.54 Å². The Labute approximate surface area is 95.6 Å². The maximum absolute atomic E-state index is 9.60. The summed E-state index contributed by atoms with van der Waals surface area (Å²) in [5.74, 6) is 0.867. The molecule has 2 rings (SSSR count). The molecule has 1 heterocycles. The summed E-state index contributed by atoms with van der Waals surface area (Å²) in [7, 11) is 1.66. The third kappa shape index (κ3) is 2.72. The second kappa shape index (κ2) is 5.30. The minimum absolute atomic E-state index is 0.155. The van der Waals surface area contributed by atoms with Crippen molar-refractivity contribution in [3.05, 3.63) is 29.8 Å². The number of aliphatic hydroxyl groups excluding tert-OH is 1. The van der Waals surface area contributed by atoms with Gasteiger partial charge < -0.3 is 20.5 Å². The Kier molecular flexibility index (Phi) is 3.77. The van der Waals surface area contributed by atoms with Crippen LogP contribution in [0.25, 0.3) is 0 Å². The van der Waals surface area contributed by atoms with E-state index in [1.54, 1.807) is 7.11 Å². The molecule has 0 bridgehead atoms. The second-order valence-corrected chi connectivity index (χ2v) is 4.06. The van der Waals surface area contributed by atoms with Crippen molar-refractivity contribution in [1.29, 1.82) is 0 Å². The SMILES string of the molecule is COc1ccc(CN[C@@H]2CNC[C@H]2O)cc1. The molecule has 4 nitrogen and oxygen atoms in total. The van der Waals surface area contributed by atoms with Crippen molar-refractivity contribution >= 4 is 0 Å². The van der Waals surface area contributed by atoms with Crippen LogP contribution in [-0.2, 0) is 6.54 Å². The van der Waals surface area contributed by atoms with Crippen LogP contribution < -0.4 is 15.4 Å². The molecule has 16 heavy (non-hydrogen) atoms. The van der Waals surface area contributed by atoms with Crippen LogP contribution >= 0.6 is 0 Å². The Hall–Kier alpha value is -1.10. The molecule has 3 N–H and O–H groups in total. The van der Waals surface area contributed by atoms with Gasteiger partial charge in [-0.3, -0.25) is 0 Å². The fourth-order valence-electron chi connectivity index (χ4n) is 1.87. The zero-order valence-corrected chi connectivity index (χ0v) is 9.44. The predicted octanol–water partition coefficient (Wildman–Crippen LogP) is 0.117. The molecule has 1 fully saturated rings. The third-order valence-electron chi connectivity index (χ3n) is 2.91. The number of benzene rings is 1. The zero-order chi connectivity index (χ0) is 11.4. The number of rotatable bonds is 4. The van der Waals surface area contributed by atoms with E-state index in [9.17, 15) is 5.11 Å². The molecule has 0 aromatic heterocycles. The third-order valence-corrected chi connectivity index (χ3v) is 2.91. The second-order valence-electron chi connectivity index (χ2n) is 4.06. The van der Waals surface area contributed by atoms with E-state index in [4.69, 9.17) is 4.74 Å². The van der Waals surface area contributed by atoms with Crippen molar-refractivity contribution in [2.45, 2.75) is 18.7 Å². The molecule has 1 aliphatic rings. The maximum Gasteiger partial charge on any atom is 0.118 e. The molecule has 0 unspecified atom stereocenters. The number of ether oxygens (including phenoxy) is 1. The van der Waals surface area contributed by atoms with Gasteiger partial charge >= 0.3 is 0 Å². The topological polar surface area (TPSA) is 53.5 Å². The molecular weight excluding hydrogens is 204 g/mol. The summed E-state index contributed by atoms with van der Waals surface area (Å²) >= 11 is 0. The minimum atomic E-state index is -0.279. The lowest BCUT2D eigenvalue weighted by Crippen LogP contribution is -2.38. The zero-order valence-electron chi connectivity index (χ0n) is 9.44. The van der Waals surface area contributed by atoms with Crippen LogP contribution in [0.5, 0.6) is 5.75 Å². The highest BCUT2D eigenvalue weighted by molar-refractivity contribution is 5.27. The summed E-state index contributed by atoms with van der Waals surface area (Å²) in [5, 5.41) is 16.1. The van der Waals surface area contributed by atoms with Gasteiger partial charge in [0.05, 0.1) is 13.2 Å². The summed E-state index contributed by atoms with van der Waals surface area (Å²) in [4.78, 5) is 0. The van der Waals surface area contributed by atoms with Crippen LogP contribution in [0.2, 0.25) is 0 Å². The van der Waals surface area contributed by atoms with Gasteiger partial charge in [-0.15, -0.1) is 0 Å². The molecule has 2 atom stereocenters. The molecule has 0 amide bonds. The first-order valence-corrected chi connectivity index (χ1v) is 5.54. The lowest BCUT2D eigenvalue weighted by atomic mass is 10.1. The summed E-state index contributed by atoms with van der Waals surface area (Å²) in [6, 6.07) is 8.10. The summed E-state index contributed by atoms with van der Waals surface area (Å²) in [5.41, 5.74) is 1.19. The van der Waals surface area contributed by atoms with Crippen LogP contribution in [0.3, 0.4) is 0 Å². The number of hydrogen-bond donors (Lipinski definition) is 3. The van der Waals surface area contributed by atoms with Gasteiger partial charge in [0.1, 0.15) is 5.75 Å². The first-order valence-electron chi connectivity index (χ1n) is 5.54. The normalized spacial score (nSPS) is 24.6. The molecular formula is C12H18N2O2. The average Bonchev–Trinajstić information content (AvgIpc) is 2.73. The van der Waals surface area contributed by atoms with Gasteiger partial charge in [0.25, 0.3) is 0 Å². The molecule has 0 radical (unpaired) electrons. The van der Waals surface area contributed by atoms with Gasteiger partial charge in [-0.25, -0.2) is 0 Å². The van der Waals surface area contributed by atoms with Gasteiger partial charge in [-0.1, -0.05) is 12.1 Å². The molecule has 0 saturated carbocycles. The highest BCUT2D eigenvalue weighted by Gasteiger charge is 2.23. The van der Waals surface area contributed by atoms with Crippen molar-refractivity contribution in [3.8, 4) is 5.75 Å². The van der Waals surface area contributed by atoms with Crippen LogP contribution in [0.4, 0.5) is 0 Å². The Morgan fingerprint density at radius 2 is 2.12 bits per heavy atom. The van der Waals surface area contributed by atoms with Crippen molar-refractivity contribution in [2.24, 2.45) is 0 Å². The van der Waals surface area contributed by atoms with Crippen molar-refractivity contribution in [2.75, 3.05) is 20.2 Å². The lowest BCUT2D eigenvalue weighted by molar-refractivity contribution is 0.162. The Bertz CT molecular complexity index is 326. The summed E-state index contributed by atoms with van der Waals surface area (Å²) in [6.45, 7) is 2.28. The molecule has 1 aromatic rings. The first kappa shape index (κ1) is 11.4. The van der Waals surface area contributed by atoms with Gasteiger partial charge in [0.15, 0.2) is 0 Å². The Balaban J connectivity index is 1.84. The molecule has 0 spiro atoms. The Morgan fingerprint density at radius 1 is 1.38 bits per heavy atom. The molecule has 1 aromatic carbocycles. The lowest BCUT2D eigenvalue weighted by Gasteiger charge is -2.15. The van der Waals surface area contributed by atoms with Crippen molar-refractivity contribution < 1.29 is 9.84 Å². The van der Waals surface area contributed by atoms with Crippen LogP contribution in [-0.4, -0.2) is 37.5 Å². The standard InChI is InChI=1S/C12H18N2O2/c1-16-10-4-2-9(3-5-10)6-14-11-7-13-8-12(11)15/h2-5,11-15H,6-8H2,1H3/t11-,12-/m1/s1. The van der Waals surface area contributed by atoms with E-state index in [1.807, 2.05) is 24.3 Å². The summed E-state index contributed by atoms with van der Waals surface area (Å²) < 4.78 is 5.09. The van der Waals surface area contributed by atoms with E-state index >= 15 is 0 Å². The van der Waals surface area contributed by atoms with E-state index in [2.05, 4.69) is 10.6 Å². The number of nitrogens with one attached hydrogen (secondary N) is 2. The molecule has 1 aliphatic heterocycles. The highest BCUT2D eigenvalue weighted by atomic mass is 16.5. The number of hydrogen-bond acceptors (Lipinski definition) is 4. The fraction of sp³-hybridized carbons (Fsp3) is 0.500. The number of β-amino-alcohol motifs (C(OH)–C–C–N with tert-alkyl or cyclic N) is 1. The Morgan fingerprint density at radius 3 is 2.69 bits per heavy atom. The first-order chi connectivity index (χ1) is 7.79. The van der Waals surface area contributed by atoms with E-state index < -0.39 is 0 Å². The summed E-state index contributed by atoms with van der Waals surface area (Å²) in [6.07, 6.45) is -0.279. The number of aliphatic hydroxyl groups is 1. The fourth-order valence-corrected chi connectivity index (χ4v) is 1.87. The molecule has 0 aliphatic carbocycles. The predicted molar refractivity (Wildman–Crippen MR) is 62.5 cm³/mol. The molecule has 4 heteroatoms. The number of methoxy groups -OCH3 is 1. The van der Waals surface area contributed by atoms with Crippen LogP contribution in [0, 0.1) is 0 Å². The van der Waals surface area contributed by atoms with E-state index in [1.165, 1.54) is 5.56 Å². The van der Waals surface area contributed by atoms with E-state index in [0.717, 1.165) is 18.8 Å². The largest absolute Gasteiger partial charge is 0.497 e. The van der Waals surface area contributed by atoms with Crippen molar-refractivity contribution in [3.63, 3.8) is 0 Å². The van der Waals surface area contributed by atoms with Crippen LogP contribution in [0.15, 0.2) is 24.3 Å². The van der Waals surface area contributed by atoms with Crippen LogP contribution in [0.1, 0.15) is 5.56 Å². The quantitative estimate of drug-likeness (QED) is 0.677. The smallest absolute Gasteiger partial charge is 0.118 e. The van der Waals surface area contributed by atoms with Crippen molar-refractivity contribution in [1.82, 2.24) is 10.6 Å². The van der Waals surface area contributed by atoms with E-state index in [-0.39, 0.29) is 12.1 Å². The minimum Gasteiger partial charge on any atom is -0.497 e. The molecule has 1 saturated heterocycles. The van der Waals surface area contributed by atoms with Gasteiger partial charge in [0, 0.05) is 25.7 Å². The maximum atomic E-state index is 9.60.